The van der Waals surface area contributed by atoms with E-state index in [1.165, 1.54) is 0 Å². The van der Waals surface area contributed by atoms with Crippen molar-refractivity contribution in [3.05, 3.63) is 16.4 Å². The zero-order chi connectivity index (χ0) is 14.6. The Morgan fingerprint density at radius 1 is 1.42 bits per heavy atom. The minimum atomic E-state index is 0.221. The molecule has 0 bridgehead atoms. The summed E-state index contributed by atoms with van der Waals surface area (Å²) in [5, 5.41) is 8.80. The number of rotatable bonds is 7. The molecule has 0 aliphatic rings. The average Bonchev–Trinajstić information content (AvgIpc) is 2.55. The molecule has 1 rings (SSSR count). The standard InChI is InChI=1S/C15H28ClN3/c1-7-15(5,10-17-9-11(2)3)8-13-14(16)12(4)18-19(13)6/h11,17H,7-10H2,1-6H3. The molecule has 19 heavy (non-hydrogen) atoms. The molecular weight excluding hydrogens is 258 g/mol. The van der Waals surface area contributed by atoms with Gasteiger partial charge in [0.25, 0.3) is 0 Å². The third-order valence-electron chi connectivity index (χ3n) is 3.81. The van der Waals surface area contributed by atoms with Crippen molar-refractivity contribution >= 4 is 11.6 Å². The summed E-state index contributed by atoms with van der Waals surface area (Å²) >= 11 is 6.36. The van der Waals surface area contributed by atoms with Gasteiger partial charge in [-0.15, -0.1) is 0 Å². The molecule has 1 heterocycles. The minimum Gasteiger partial charge on any atom is -0.316 e. The van der Waals surface area contributed by atoms with E-state index in [1.807, 2.05) is 18.7 Å². The van der Waals surface area contributed by atoms with Gasteiger partial charge in [0.1, 0.15) is 0 Å². The van der Waals surface area contributed by atoms with Crippen molar-refractivity contribution in [3.8, 4) is 0 Å². The van der Waals surface area contributed by atoms with E-state index < -0.39 is 0 Å². The fraction of sp³-hybridized carbons (Fsp3) is 0.800. The van der Waals surface area contributed by atoms with Crippen LogP contribution >= 0.6 is 11.6 Å². The van der Waals surface area contributed by atoms with Gasteiger partial charge < -0.3 is 5.32 Å². The topological polar surface area (TPSA) is 29.9 Å². The Morgan fingerprint density at radius 3 is 2.47 bits per heavy atom. The van der Waals surface area contributed by atoms with Crippen molar-refractivity contribution in [2.24, 2.45) is 18.4 Å². The highest BCUT2D eigenvalue weighted by Gasteiger charge is 2.26. The summed E-state index contributed by atoms with van der Waals surface area (Å²) in [6.45, 7) is 13.1. The lowest BCUT2D eigenvalue weighted by molar-refractivity contribution is 0.279. The molecule has 110 valence electrons. The Labute approximate surface area is 122 Å². The molecule has 0 spiro atoms. The zero-order valence-corrected chi connectivity index (χ0v) is 13.9. The van der Waals surface area contributed by atoms with Crippen molar-refractivity contribution in [2.75, 3.05) is 13.1 Å². The van der Waals surface area contributed by atoms with Gasteiger partial charge in [-0.05, 0) is 37.6 Å². The van der Waals surface area contributed by atoms with E-state index in [0.717, 1.165) is 42.3 Å². The first kappa shape index (κ1) is 16.5. The lowest BCUT2D eigenvalue weighted by Gasteiger charge is -2.29. The van der Waals surface area contributed by atoms with Gasteiger partial charge in [-0.25, -0.2) is 0 Å². The molecule has 1 aromatic rings. The van der Waals surface area contributed by atoms with Crippen molar-refractivity contribution in [2.45, 2.75) is 47.5 Å². The van der Waals surface area contributed by atoms with E-state index in [9.17, 15) is 0 Å². The van der Waals surface area contributed by atoms with E-state index in [0.29, 0.717) is 5.92 Å². The maximum Gasteiger partial charge on any atom is 0.0847 e. The number of aryl methyl sites for hydroxylation is 2. The van der Waals surface area contributed by atoms with Crippen LogP contribution in [-0.2, 0) is 13.5 Å². The Morgan fingerprint density at radius 2 is 2.05 bits per heavy atom. The predicted octanol–water partition coefficient (Wildman–Crippen LogP) is 3.59. The van der Waals surface area contributed by atoms with Crippen LogP contribution in [0.3, 0.4) is 0 Å². The van der Waals surface area contributed by atoms with Gasteiger partial charge in [-0.3, -0.25) is 4.68 Å². The maximum atomic E-state index is 6.36. The molecule has 1 atom stereocenters. The van der Waals surface area contributed by atoms with Crippen LogP contribution in [0, 0.1) is 18.3 Å². The predicted molar refractivity (Wildman–Crippen MR) is 82.8 cm³/mol. The summed E-state index contributed by atoms with van der Waals surface area (Å²) in [6, 6.07) is 0. The minimum absolute atomic E-state index is 0.221. The number of nitrogens with zero attached hydrogens (tertiary/aromatic N) is 2. The lowest BCUT2D eigenvalue weighted by Crippen LogP contribution is -2.35. The van der Waals surface area contributed by atoms with Crippen LogP contribution in [0.5, 0.6) is 0 Å². The molecule has 0 radical (unpaired) electrons. The second kappa shape index (κ2) is 6.76. The monoisotopic (exact) mass is 285 g/mol. The maximum absolute atomic E-state index is 6.36. The SMILES string of the molecule is CCC(C)(CNCC(C)C)Cc1c(Cl)c(C)nn1C. The number of halogens is 1. The van der Waals surface area contributed by atoms with Gasteiger partial charge in [0, 0.05) is 13.6 Å². The Bertz CT molecular complexity index is 412. The molecule has 0 amide bonds. The van der Waals surface area contributed by atoms with E-state index in [2.05, 4.69) is 38.1 Å². The van der Waals surface area contributed by atoms with Gasteiger partial charge in [0.2, 0.25) is 0 Å². The van der Waals surface area contributed by atoms with Crippen LogP contribution < -0.4 is 5.32 Å². The normalized spacial score (nSPS) is 14.9. The highest BCUT2D eigenvalue weighted by atomic mass is 35.5. The summed E-state index contributed by atoms with van der Waals surface area (Å²) in [7, 11) is 1.98. The molecule has 0 saturated carbocycles. The highest BCUT2D eigenvalue weighted by Crippen LogP contribution is 2.30. The molecule has 4 heteroatoms. The zero-order valence-electron chi connectivity index (χ0n) is 13.2. The number of aromatic nitrogens is 2. The number of hydrogen-bond donors (Lipinski definition) is 1. The van der Waals surface area contributed by atoms with Crippen molar-refractivity contribution in [1.29, 1.82) is 0 Å². The molecule has 0 saturated heterocycles. The molecule has 0 aliphatic carbocycles. The third-order valence-corrected chi connectivity index (χ3v) is 4.31. The van der Waals surface area contributed by atoms with Crippen LogP contribution in [0.2, 0.25) is 5.02 Å². The van der Waals surface area contributed by atoms with Crippen molar-refractivity contribution in [3.63, 3.8) is 0 Å². The fourth-order valence-electron chi connectivity index (χ4n) is 2.25. The van der Waals surface area contributed by atoms with Gasteiger partial charge in [-0.1, -0.05) is 39.3 Å². The van der Waals surface area contributed by atoms with Crippen molar-refractivity contribution in [1.82, 2.24) is 15.1 Å². The fourth-order valence-corrected chi connectivity index (χ4v) is 2.48. The van der Waals surface area contributed by atoms with Crippen LogP contribution in [0.4, 0.5) is 0 Å². The first-order valence-corrected chi connectivity index (χ1v) is 7.55. The Balaban J connectivity index is 2.74. The third kappa shape index (κ3) is 4.50. The van der Waals surface area contributed by atoms with Crippen LogP contribution in [0.1, 0.15) is 45.5 Å². The summed E-state index contributed by atoms with van der Waals surface area (Å²) < 4.78 is 1.92. The van der Waals surface area contributed by atoms with Gasteiger partial charge in [-0.2, -0.15) is 5.10 Å². The van der Waals surface area contributed by atoms with E-state index >= 15 is 0 Å². The first-order valence-electron chi connectivity index (χ1n) is 7.17. The molecular formula is C15H28ClN3. The van der Waals surface area contributed by atoms with Gasteiger partial charge >= 0.3 is 0 Å². The largest absolute Gasteiger partial charge is 0.316 e. The molecule has 0 aliphatic heterocycles. The summed E-state index contributed by atoms with van der Waals surface area (Å²) in [5.74, 6) is 0.684. The van der Waals surface area contributed by atoms with Crippen LogP contribution in [0.15, 0.2) is 0 Å². The Hall–Kier alpha value is -0.540. The lowest BCUT2D eigenvalue weighted by atomic mass is 9.82. The number of hydrogen-bond acceptors (Lipinski definition) is 2. The molecule has 3 nitrogen and oxygen atoms in total. The quantitative estimate of drug-likeness (QED) is 0.830. The van der Waals surface area contributed by atoms with Crippen LogP contribution in [0.25, 0.3) is 0 Å². The summed E-state index contributed by atoms with van der Waals surface area (Å²) in [5.41, 5.74) is 2.29. The van der Waals surface area contributed by atoms with Crippen molar-refractivity contribution < 1.29 is 0 Å². The molecule has 1 N–H and O–H groups in total. The second-order valence-corrected chi connectivity index (χ2v) is 6.71. The Kier molecular flexibility index (Phi) is 5.87. The highest BCUT2D eigenvalue weighted by molar-refractivity contribution is 6.31. The number of nitrogens with one attached hydrogen (secondary N) is 1. The molecule has 0 fully saturated rings. The molecule has 1 aromatic heterocycles. The second-order valence-electron chi connectivity index (χ2n) is 6.34. The molecule has 0 aromatic carbocycles. The van der Waals surface area contributed by atoms with E-state index in [-0.39, 0.29) is 5.41 Å². The van der Waals surface area contributed by atoms with Gasteiger partial charge in [0.15, 0.2) is 0 Å². The van der Waals surface area contributed by atoms with Crippen LogP contribution in [-0.4, -0.2) is 22.9 Å². The summed E-state index contributed by atoms with van der Waals surface area (Å²) in [4.78, 5) is 0. The smallest absolute Gasteiger partial charge is 0.0847 e. The van der Waals surface area contributed by atoms with Gasteiger partial charge in [0.05, 0.1) is 16.4 Å². The average molecular weight is 286 g/mol. The first-order chi connectivity index (χ1) is 8.79. The van der Waals surface area contributed by atoms with E-state index in [1.54, 1.807) is 0 Å². The summed E-state index contributed by atoms with van der Waals surface area (Å²) in [6.07, 6.45) is 2.09. The molecule has 1 unspecified atom stereocenters. The van der Waals surface area contributed by atoms with E-state index in [4.69, 9.17) is 11.6 Å².